The molecule has 1 N–H and O–H groups in total. The molecule has 7 heteroatoms. The number of pyridine rings is 1. The van der Waals surface area contributed by atoms with E-state index < -0.39 is 0 Å². The monoisotopic (exact) mass is 407 g/mol. The van der Waals surface area contributed by atoms with Crippen LogP contribution in [0.4, 0.5) is 5.69 Å². The summed E-state index contributed by atoms with van der Waals surface area (Å²) in [5.41, 5.74) is 2.47. The molecule has 0 unspecified atom stereocenters. The molecule has 0 saturated carbocycles. The van der Waals surface area contributed by atoms with Crippen LogP contribution in [0.2, 0.25) is 0 Å². The number of hydrogen-bond donors (Lipinski definition) is 1. The molecule has 0 saturated heterocycles. The van der Waals surface area contributed by atoms with Crippen LogP contribution in [0.1, 0.15) is 23.0 Å². The fourth-order valence-electron chi connectivity index (χ4n) is 3.17. The molecule has 1 aromatic heterocycles. The van der Waals surface area contributed by atoms with Crippen LogP contribution < -0.4 is 14.8 Å². The van der Waals surface area contributed by atoms with Gasteiger partial charge in [0.15, 0.2) is 0 Å². The van der Waals surface area contributed by atoms with Crippen molar-refractivity contribution in [2.45, 2.75) is 13.8 Å². The second-order valence-electron chi connectivity index (χ2n) is 6.78. The molecule has 7 nitrogen and oxygen atoms in total. The number of nitrogens with zero attached hydrogens (tertiary/aromatic N) is 2. The lowest BCUT2D eigenvalue weighted by atomic mass is 10.1. The first kappa shape index (κ1) is 21.1. The van der Waals surface area contributed by atoms with Crippen LogP contribution >= 0.6 is 0 Å². The zero-order chi connectivity index (χ0) is 21.7. The molecule has 0 atom stereocenters. The maximum Gasteiger partial charge on any atom is 0.256 e. The van der Waals surface area contributed by atoms with Crippen molar-refractivity contribution in [3.05, 3.63) is 59.8 Å². The van der Waals surface area contributed by atoms with Gasteiger partial charge in [-0.05, 0) is 50.2 Å². The molecule has 2 aromatic carbocycles. The number of aromatic nitrogens is 1. The van der Waals surface area contributed by atoms with Crippen LogP contribution in [0.15, 0.2) is 48.5 Å². The largest absolute Gasteiger partial charge is 0.497 e. The number of nitrogens with one attached hydrogen (secondary N) is 1. The fourth-order valence-corrected chi connectivity index (χ4v) is 3.17. The number of aryl methyl sites for hydroxylation is 1. The van der Waals surface area contributed by atoms with Crippen molar-refractivity contribution in [2.75, 3.05) is 32.6 Å². The standard InChI is InChI=1S/C23H25N3O4/c1-5-26(14-22(27)25-17-7-6-8-18(13-17)29-3)23(28)20-12-16-11-19(30-4)9-10-21(16)24-15(20)2/h6-13H,5,14H2,1-4H3,(H,25,27). The van der Waals surface area contributed by atoms with Gasteiger partial charge >= 0.3 is 0 Å². The third kappa shape index (κ3) is 4.68. The van der Waals surface area contributed by atoms with E-state index in [4.69, 9.17) is 9.47 Å². The number of hydrogen-bond acceptors (Lipinski definition) is 5. The molecule has 1 heterocycles. The van der Waals surface area contributed by atoms with E-state index in [0.717, 1.165) is 10.9 Å². The molecule has 0 aliphatic rings. The lowest BCUT2D eigenvalue weighted by molar-refractivity contribution is -0.116. The van der Waals surface area contributed by atoms with E-state index in [0.29, 0.717) is 35.0 Å². The first-order valence-corrected chi connectivity index (χ1v) is 9.63. The summed E-state index contributed by atoms with van der Waals surface area (Å²) in [4.78, 5) is 31.7. The summed E-state index contributed by atoms with van der Waals surface area (Å²) in [6, 6.07) is 14.4. The van der Waals surface area contributed by atoms with Gasteiger partial charge in [-0.25, -0.2) is 0 Å². The highest BCUT2D eigenvalue weighted by Crippen LogP contribution is 2.23. The second-order valence-corrected chi connectivity index (χ2v) is 6.78. The molecule has 30 heavy (non-hydrogen) atoms. The lowest BCUT2D eigenvalue weighted by Crippen LogP contribution is -2.38. The first-order chi connectivity index (χ1) is 14.4. The van der Waals surface area contributed by atoms with Crippen molar-refractivity contribution in [3.8, 4) is 11.5 Å². The van der Waals surface area contributed by atoms with Gasteiger partial charge in [0.2, 0.25) is 5.91 Å². The number of amides is 2. The molecule has 0 spiro atoms. The Hall–Kier alpha value is -3.61. The van der Waals surface area contributed by atoms with Crippen LogP contribution in [0.3, 0.4) is 0 Å². The average molecular weight is 407 g/mol. The Morgan fingerprint density at radius 1 is 1.03 bits per heavy atom. The van der Waals surface area contributed by atoms with Crippen molar-refractivity contribution in [1.82, 2.24) is 9.88 Å². The minimum atomic E-state index is -0.286. The van der Waals surface area contributed by atoms with Crippen molar-refractivity contribution in [1.29, 1.82) is 0 Å². The number of carbonyl (C=O) groups excluding carboxylic acids is 2. The third-order valence-corrected chi connectivity index (χ3v) is 4.80. The molecule has 3 rings (SSSR count). The first-order valence-electron chi connectivity index (χ1n) is 9.63. The van der Waals surface area contributed by atoms with Crippen LogP contribution in [0.25, 0.3) is 10.9 Å². The highest BCUT2D eigenvalue weighted by Gasteiger charge is 2.20. The molecule has 0 bridgehead atoms. The SMILES string of the molecule is CCN(CC(=O)Nc1cccc(OC)c1)C(=O)c1cc2cc(OC)ccc2nc1C. The Labute approximate surface area is 175 Å². The van der Waals surface area contributed by atoms with Gasteiger partial charge in [-0.15, -0.1) is 0 Å². The summed E-state index contributed by atoms with van der Waals surface area (Å²) in [7, 11) is 3.16. The van der Waals surface area contributed by atoms with Gasteiger partial charge < -0.3 is 19.7 Å². The summed E-state index contributed by atoms with van der Waals surface area (Å²) < 4.78 is 10.4. The Balaban J connectivity index is 1.79. The van der Waals surface area contributed by atoms with Crippen molar-refractivity contribution < 1.29 is 19.1 Å². The Morgan fingerprint density at radius 3 is 2.47 bits per heavy atom. The predicted octanol–water partition coefficient (Wildman–Crippen LogP) is 3.66. The summed E-state index contributed by atoms with van der Waals surface area (Å²) in [6.45, 7) is 3.95. The second kappa shape index (κ2) is 9.26. The van der Waals surface area contributed by atoms with Crippen LogP contribution in [0.5, 0.6) is 11.5 Å². The molecule has 0 aliphatic carbocycles. The highest BCUT2D eigenvalue weighted by atomic mass is 16.5. The van der Waals surface area contributed by atoms with Crippen LogP contribution in [-0.4, -0.2) is 49.0 Å². The Bertz CT molecular complexity index is 1080. The summed E-state index contributed by atoms with van der Waals surface area (Å²) in [5, 5.41) is 3.61. The molecule has 2 amide bonds. The number of rotatable bonds is 7. The summed E-state index contributed by atoms with van der Waals surface area (Å²) >= 11 is 0. The van der Waals surface area contributed by atoms with E-state index in [-0.39, 0.29) is 18.4 Å². The smallest absolute Gasteiger partial charge is 0.256 e. The van der Waals surface area contributed by atoms with E-state index in [1.807, 2.05) is 25.1 Å². The lowest BCUT2D eigenvalue weighted by Gasteiger charge is -2.21. The predicted molar refractivity (Wildman–Crippen MR) is 116 cm³/mol. The summed E-state index contributed by atoms with van der Waals surface area (Å²) in [5.74, 6) is 0.806. The minimum absolute atomic E-state index is 0.0673. The minimum Gasteiger partial charge on any atom is -0.497 e. The highest BCUT2D eigenvalue weighted by molar-refractivity contribution is 6.02. The van der Waals surface area contributed by atoms with E-state index in [1.165, 1.54) is 4.90 Å². The van der Waals surface area contributed by atoms with Gasteiger partial charge in [0, 0.05) is 23.7 Å². The van der Waals surface area contributed by atoms with Crippen LogP contribution in [0, 0.1) is 6.92 Å². The fraction of sp³-hybridized carbons (Fsp3) is 0.261. The molecule has 3 aromatic rings. The zero-order valence-electron chi connectivity index (χ0n) is 17.6. The molecule has 0 fully saturated rings. The van der Waals surface area contributed by atoms with E-state index in [9.17, 15) is 9.59 Å². The van der Waals surface area contributed by atoms with Crippen molar-refractivity contribution in [2.24, 2.45) is 0 Å². The third-order valence-electron chi connectivity index (χ3n) is 4.80. The zero-order valence-corrected chi connectivity index (χ0v) is 17.6. The molecular weight excluding hydrogens is 382 g/mol. The van der Waals surface area contributed by atoms with Gasteiger partial charge in [-0.1, -0.05) is 6.07 Å². The number of likely N-dealkylation sites (N-methyl/N-ethyl adjacent to an activating group) is 1. The molecule has 156 valence electrons. The number of anilines is 1. The van der Waals surface area contributed by atoms with Crippen LogP contribution in [-0.2, 0) is 4.79 Å². The summed E-state index contributed by atoms with van der Waals surface area (Å²) in [6.07, 6.45) is 0. The van der Waals surface area contributed by atoms with E-state index in [2.05, 4.69) is 10.3 Å². The normalized spacial score (nSPS) is 10.5. The topological polar surface area (TPSA) is 80.8 Å². The number of methoxy groups -OCH3 is 2. The van der Waals surface area contributed by atoms with Gasteiger partial charge in [-0.2, -0.15) is 0 Å². The average Bonchev–Trinajstić information content (AvgIpc) is 2.76. The number of fused-ring (bicyclic) bond motifs is 1. The van der Waals surface area contributed by atoms with Gasteiger partial charge in [0.05, 0.1) is 31.0 Å². The van der Waals surface area contributed by atoms with E-state index in [1.54, 1.807) is 51.5 Å². The Kier molecular flexibility index (Phi) is 6.51. The van der Waals surface area contributed by atoms with Gasteiger partial charge in [0.1, 0.15) is 18.0 Å². The van der Waals surface area contributed by atoms with Crippen molar-refractivity contribution in [3.63, 3.8) is 0 Å². The maximum atomic E-state index is 13.1. The maximum absolute atomic E-state index is 13.1. The Morgan fingerprint density at radius 2 is 1.77 bits per heavy atom. The number of benzene rings is 2. The quantitative estimate of drug-likeness (QED) is 0.646. The number of carbonyl (C=O) groups is 2. The molecular formula is C23H25N3O4. The molecule has 0 radical (unpaired) electrons. The number of ether oxygens (including phenoxy) is 2. The van der Waals surface area contributed by atoms with Crippen molar-refractivity contribution >= 4 is 28.4 Å². The van der Waals surface area contributed by atoms with Gasteiger partial charge in [0.25, 0.3) is 5.91 Å². The van der Waals surface area contributed by atoms with E-state index >= 15 is 0 Å². The van der Waals surface area contributed by atoms with Gasteiger partial charge in [-0.3, -0.25) is 14.6 Å². The molecule has 0 aliphatic heterocycles.